The van der Waals surface area contributed by atoms with Crippen molar-refractivity contribution in [2.75, 3.05) is 44.7 Å². The van der Waals surface area contributed by atoms with Crippen molar-refractivity contribution in [1.82, 2.24) is 15.2 Å². The third kappa shape index (κ3) is 2.90. The maximum atomic E-state index is 4.68. The van der Waals surface area contributed by atoms with Gasteiger partial charge in [0.25, 0.3) is 0 Å². The van der Waals surface area contributed by atoms with Gasteiger partial charge in [0, 0.05) is 38.4 Å². The zero-order valence-electron chi connectivity index (χ0n) is 11.8. The van der Waals surface area contributed by atoms with Crippen LogP contribution in [0.5, 0.6) is 0 Å². The van der Waals surface area contributed by atoms with Crippen molar-refractivity contribution < 1.29 is 0 Å². The lowest BCUT2D eigenvalue weighted by molar-refractivity contribution is 0.187. The quantitative estimate of drug-likeness (QED) is 0.876. The number of aromatic nitrogens is 1. The topological polar surface area (TPSA) is 31.4 Å². The van der Waals surface area contributed by atoms with Crippen molar-refractivity contribution in [1.29, 1.82) is 0 Å². The smallest absolute Gasteiger partial charge is 0.128 e. The molecule has 0 radical (unpaired) electrons. The molecule has 0 aliphatic carbocycles. The van der Waals surface area contributed by atoms with E-state index < -0.39 is 0 Å². The summed E-state index contributed by atoms with van der Waals surface area (Å²) in [5.74, 6) is 1.13. The van der Waals surface area contributed by atoms with Crippen molar-refractivity contribution in [2.45, 2.75) is 25.3 Å². The number of anilines is 1. The average Bonchev–Trinajstić information content (AvgIpc) is 2.49. The lowest BCUT2D eigenvalue weighted by atomic mass is 9.97. The summed E-state index contributed by atoms with van der Waals surface area (Å²) in [6.45, 7) is 5.47. The molecule has 2 saturated heterocycles. The number of likely N-dealkylation sites (tertiary alicyclic amines) is 1. The highest BCUT2D eigenvalue weighted by Gasteiger charge is 2.21. The van der Waals surface area contributed by atoms with Gasteiger partial charge < -0.3 is 10.2 Å². The first kappa shape index (κ1) is 12.9. The number of piperidine rings is 1. The minimum atomic E-state index is 0.568. The molecule has 0 aromatic carbocycles. The van der Waals surface area contributed by atoms with Crippen LogP contribution in [-0.4, -0.2) is 49.7 Å². The Morgan fingerprint density at radius 2 is 2.00 bits per heavy atom. The predicted octanol–water partition coefficient (Wildman–Crippen LogP) is 1.65. The number of nitrogens with one attached hydrogen (secondary N) is 1. The van der Waals surface area contributed by atoms with Crippen molar-refractivity contribution in [3.63, 3.8) is 0 Å². The zero-order chi connectivity index (χ0) is 13.1. The first-order chi connectivity index (χ1) is 9.34. The monoisotopic (exact) mass is 260 g/mol. The molecule has 2 aliphatic heterocycles. The summed E-state index contributed by atoms with van der Waals surface area (Å²) in [6, 6.07) is 5.04. The van der Waals surface area contributed by atoms with E-state index in [1.54, 1.807) is 0 Å². The van der Waals surface area contributed by atoms with Crippen LogP contribution in [-0.2, 0) is 0 Å². The summed E-state index contributed by atoms with van der Waals surface area (Å²) in [7, 11) is 2.23. The molecule has 4 heteroatoms. The SMILES string of the molecule is CN1CCCC[C@H]1c1ccc(N2CCNCC2)nc1. The van der Waals surface area contributed by atoms with Gasteiger partial charge in [0.1, 0.15) is 5.82 Å². The molecule has 0 saturated carbocycles. The van der Waals surface area contributed by atoms with Gasteiger partial charge >= 0.3 is 0 Å². The van der Waals surface area contributed by atoms with Gasteiger partial charge in [-0.2, -0.15) is 0 Å². The molecule has 4 nitrogen and oxygen atoms in total. The van der Waals surface area contributed by atoms with E-state index in [1.165, 1.54) is 31.4 Å². The van der Waals surface area contributed by atoms with E-state index in [-0.39, 0.29) is 0 Å². The van der Waals surface area contributed by atoms with Gasteiger partial charge in [0.2, 0.25) is 0 Å². The van der Waals surface area contributed by atoms with Crippen molar-refractivity contribution in [3.8, 4) is 0 Å². The fourth-order valence-corrected chi connectivity index (χ4v) is 3.17. The van der Waals surface area contributed by atoms with E-state index >= 15 is 0 Å². The largest absolute Gasteiger partial charge is 0.354 e. The van der Waals surface area contributed by atoms with E-state index in [1.807, 2.05) is 0 Å². The Labute approximate surface area is 115 Å². The van der Waals surface area contributed by atoms with Crippen LogP contribution in [0.1, 0.15) is 30.9 Å². The highest BCUT2D eigenvalue weighted by molar-refractivity contribution is 5.40. The Morgan fingerprint density at radius 1 is 1.16 bits per heavy atom. The molecule has 2 fully saturated rings. The van der Waals surface area contributed by atoms with Crippen LogP contribution in [0.2, 0.25) is 0 Å². The number of pyridine rings is 1. The van der Waals surface area contributed by atoms with Gasteiger partial charge in [-0.25, -0.2) is 4.98 Å². The average molecular weight is 260 g/mol. The van der Waals surface area contributed by atoms with Gasteiger partial charge in [0.05, 0.1) is 0 Å². The van der Waals surface area contributed by atoms with Crippen molar-refractivity contribution in [2.24, 2.45) is 0 Å². The van der Waals surface area contributed by atoms with Gasteiger partial charge in [-0.05, 0) is 38.1 Å². The third-order valence-corrected chi connectivity index (χ3v) is 4.37. The number of hydrogen-bond donors (Lipinski definition) is 1. The minimum absolute atomic E-state index is 0.568. The van der Waals surface area contributed by atoms with E-state index in [4.69, 9.17) is 0 Å². The van der Waals surface area contributed by atoms with Crippen LogP contribution in [0, 0.1) is 0 Å². The van der Waals surface area contributed by atoms with E-state index in [2.05, 4.69) is 45.5 Å². The number of rotatable bonds is 2. The Morgan fingerprint density at radius 3 is 2.68 bits per heavy atom. The first-order valence-corrected chi connectivity index (χ1v) is 7.46. The fourth-order valence-electron chi connectivity index (χ4n) is 3.17. The molecule has 104 valence electrons. The highest BCUT2D eigenvalue weighted by atomic mass is 15.2. The normalized spacial score (nSPS) is 25.5. The van der Waals surface area contributed by atoms with Crippen molar-refractivity contribution in [3.05, 3.63) is 23.9 Å². The zero-order valence-corrected chi connectivity index (χ0v) is 11.8. The second-order valence-corrected chi connectivity index (χ2v) is 5.68. The van der Waals surface area contributed by atoms with E-state index in [0.29, 0.717) is 6.04 Å². The third-order valence-electron chi connectivity index (χ3n) is 4.37. The van der Waals surface area contributed by atoms with Crippen LogP contribution in [0.15, 0.2) is 18.3 Å². The Hall–Kier alpha value is -1.13. The molecule has 1 N–H and O–H groups in total. The molecule has 0 spiro atoms. The molecule has 1 atom stereocenters. The van der Waals surface area contributed by atoms with E-state index in [9.17, 15) is 0 Å². The molecule has 1 aromatic heterocycles. The molecular weight excluding hydrogens is 236 g/mol. The maximum Gasteiger partial charge on any atom is 0.128 e. The van der Waals surface area contributed by atoms with Gasteiger partial charge in [-0.15, -0.1) is 0 Å². The van der Waals surface area contributed by atoms with Crippen LogP contribution in [0.3, 0.4) is 0 Å². The standard InChI is InChI=1S/C15H24N4/c1-18-9-3-2-4-14(18)13-5-6-15(17-12-13)19-10-7-16-8-11-19/h5-6,12,14,16H,2-4,7-11H2,1H3/t14-/m0/s1. The first-order valence-electron chi connectivity index (χ1n) is 7.46. The number of piperazine rings is 1. The van der Waals surface area contributed by atoms with Gasteiger partial charge in [-0.1, -0.05) is 12.5 Å². The summed E-state index contributed by atoms with van der Waals surface area (Å²) in [6.07, 6.45) is 6.03. The van der Waals surface area contributed by atoms with Crippen LogP contribution in [0.4, 0.5) is 5.82 Å². The predicted molar refractivity (Wildman–Crippen MR) is 78.5 cm³/mol. The second-order valence-electron chi connectivity index (χ2n) is 5.68. The Balaban J connectivity index is 1.70. The van der Waals surface area contributed by atoms with Gasteiger partial charge in [0.15, 0.2) is 0 Å². The Bertz CT molecular complexity index is 397. The molecular formula is C15H24N4. The minimum Gasteiger partial charge on any atom is -0.354 e. The summed E-state index contributed by atoms with van der Waals surface area (Å²) < 4.78 is 0. The van der Waals surface area contributed by atoms with Crippen LogP contribution >= 0.6 is 0 Å². The molecule has 3 heterocycles. The molecule has 19 heavy (non-hydrogen) atoms. The molecule has 0 amide bonds. The number of hydrogen-bond acceptors (Lipinski definition) is 4. The number of nitrogens with zero attached hydrogens (tertiary/aromatic N) is 3. The highest BCUT2D eigenvalue weighted by Crippen LogP contribution is 2.29. The van der Waals surface area contributed by atoms with Crippen molar-refractivity contribution >= 4 is 5.82 Å². The summed E-state index contributed by atoms with van der Waals surface area (Å²) in [4.78, 5) is 9.51. The summed E-state index contributed by atoms with van der Waals surface area (Å²) in [5, 5.41) is 3.38. The summed E-state index contributed by atoms with van der Waals surface area (Å²) >= 11 is 0. The maximum absolute atomic E-state index is 4.68. The van der Waals surface area contributed by atoms with Crippen LogP contribution in [0.25, 0.3) is 0 Å². The van der Waals surface area contributed by atoms with Crippen LogP contribution < -0.4 is 10.2 Å². The van der Waals surface area contributed by atoms with Gasteiger partial charge in [-0.3, -0.25) is 4.90 Å². The lowest BCUT2D eigenvalue weighted by Crippen LogP contribution is -2.43. The molecule has 3 rings (SSSR count). The van der Waals surface area contributed by atoms with E-state index in [0.717, 1.165) is 32.0 Å². The molecule has 0 unspecified atom stereocenters. The fraction of sp³-hybridized carbons (Fsp3) is 0.667. The molecule has 1 aromatic rings. The second kappa shape index (κ2) is 5.88. The summed E-state index contributed by atoms with van der Waals surface area (Å²) in [5.41, 5.74) is 1.38. The Kier molecular flexibility index (Phi) is 3.99. The molecule has 2 aliphatic rings. The lowest BCUT2D eigenvalue weighted by Gasteiger charge is -2.33. The molecule has 0 bridgehead atoms.